The standard InChI is InChI=1S/C12H14N2O2/c1-7-6-11(16)14-10-5-3-4-9(8(2)15)12(10)13-7/h3-5,7,13H,6H2,1-2H3,(H,14,16)/t7-/m1/s1. The minimum Gasteiger partial charge on any atom is -0.380 e. The fourth-order valence-electron chi connectivity index (χ4n) is 1.88. The number of carbonyl (C=O) groups excluding carboxylic acids is 2. The molecule has 0 spiro atoms. The van der Waals surface area contributed by atoms with Gasteiger partial charge in [-0.25, -0.2) is 0 Å². The van der Waals surface area contributed by atoms with Crippen molar-refractivity contribution in [3.8, 4) is 0 Å². The molecule has 2 N–H and O–H groups in total. The van der Waals surface area contributed by atoms with Crippen molar-refractivity contribution in [2.75, 3.05) is 10.6 Å². The van der Waals surface area contributed by atoms with Gasteiger partial charge < -0.3 is 10.6 Å². The number of Topliss-reactive ketones (excluding diaryl/α,β-unsaturated/α-hetero) is 1. The van der Waals surface area contributed by atoms with Crippen LogP contribution in [0, 0.1) is 0 Å². The van der Waals surface area contributed by atoms with Crippen molar-refractivity contribution in [2.45, 2.75) is 26.3 Å². The number of carbonyl (C=O) groups is 2. The number of hydrogen-bond acceptors (Lipinski definition) is 3. The predicted molar refractivity (Wildman–Crippen MR) is 62.8 cm³/mol. The second-order valence-corrected chi connectivity index (χ2v) is 4.08. The van der Waals surface area contributed by atoms with Crippen LogP contribution < -0.4 is 10.6 Å². The lowest BCUT2D eigenvalue weighted by Gasteiger charge is -2.14. The predicted octanol–water partition coefficient (Wildman–Crippen LogP) is 2.03. The van der Waals surface area contributed by atoms with E-state index in [1.54, 1.807) is 18.2 Å². The van der Waals surface area contributed by atoms with E-state index in [4.69, 9.17) is 0 Å². The number of rotatable bonds is 1. The Morgan fingerprint density at radius 2 is 2.19 bits per heavy atom. The molecule has 0 saturated heterocycles. The lowest BCUT2D eigenvalue weighted by Crippen LogP contribution is -2.19. The van der Waals surface area contributed by atoms with E-state index in [1.807, 2.05) is 6.92 Å². The zero-order valence-electron chi connectivity index (χ0n) is 9.33. The number of ketones is 1. The molecule has 0 fully saturated rings. The van der Waals surface area contributed by atoms with E-state index in [1.165, 1.54) is 6.92 Å². The molecule has 1 atom stereocenters. The summed E-state index contributed by atoms with van der Waals surface area (Å²) >= 11 is 0. The Balaban J connectivity index is 2.52. The molecule has 1 aromatic rings. The lowest BCUT2D eigenvalue weighted by atomic mass is 10.1. The van der Waals surface area contributed by atoms with Gasteiger partial charge in [-0.1, -0.05) is 6.07 Å². The molecular weight excluding hydrogens is 204 g/mol. The summed E-state index contributed by atoms with van der Waals surface area (Å²) in [7, 11) is 0. The van der Waals surface area contributed by atoms with E-state index in [9.17, 15) is 9.59 Å². The van der Waals surface area contributed by atoms with Gasteiger partial charge in [-0.3, -0.25) is 9.59 Å². The minimum atomic E-state index is -0.0283. The molecule has 1 aromatic carbocycles. The van der Waals surface area contributed by atoms with Gasteiger partial charge in [0.15, 0.2) is 5.78 Å². The Bertz CT molecular complexity index is 454. The summed E-state index contributed by atoms with van der Waals surface area (Å²) in [6.45, 7) is 3.44. The summed E-state index contributed by atoms with van der Waals surface area (Å²) in [5.41, 5.74) is 2.03. The van der Waals surface area contributed by atoms with Crippen molar-refractivity contribution < 1.29 is 9.59 Å². The second-order valence-electron chi connectivity index (χ2n) is 4.08. The maximum atomic E-state index is 11.5. The highest BCUT2D eigenvalue weighted by Gasteiger charge is 2.20. The van der Waals surface area contributed by atoms with Crippen LogP contribution in [0.4, 0.5) is 11.4 Å². The van der Waals surface area contributed by atoms with Crippen molar-refractivity contribution in [1.29, 1.82) is 0 Å². The molecular formula is C12H14N2O2. The second kappa shape index (κ2) is 3.96. The quantitative estimate of drug-likeness (QED) is 0.709. The number of benzene rings is 1. The number of hydrogen-bond donors (Lipinski definition) is 2. The molecule has 0 unspecified atom stereocenters. The van der Waals surface area contributed by atoms with Crippen LogP contribution in [-0.4, -0.2) is 17.7 Å². The molecule has 0 aromatic heterocycles. The number of amides is 1. The molecule has 0 bridgehead atoms. The SMILES string of the molecule is CC(=O)c1cccc2c1N[C@H](C)CC(=O)N2. The maximum Gasteiger partial charge on any atom is 0.226 e. The van der Waals surface area contributed by atoms with Crippen molar-refractivity contribution in [3.05, 3.63) is 23.8 Å². The molecule has 0 radical (unpaired) electrons. The largest absolute Gasteiger partial charge is 0.380 e. The third-order valence-electron chi connectivity index (χ3n) is 2.60. The van der Waals surface area contributed by atoms with Crippen LogP contribution >= 0.6 is 0 Å². The summed E-state index contributed by atoms with van der Waals surface area (Å²) in [6, 6.07) is 5.36. The summed E-state index contributed by atoms with van der Waals surface area (Å²) in [4.78, 5) is 23.0. The normalized spacial score (nSPS) is 19.1. The summed E-state index contributed by atoms with van der Waals surface area (Å²) in [6.07, 6.45) is 0.409. The van der Waals surface area contributed by atoms with Crippen LogP contribution in [-0.2, 0) is 4.79 Å². The molecule has 1 amide bonds. The fourth-order valence-corrected chi connectivity index (χ4v) is 1.88. The Labute approximate surface area is 94.0 Å². The highest BCUT2D eigenvalue weighted by atomic mass is 16.1. The number of fused-ring (bicyclic) bond motifs is 1. The smallest absolute Gasteiger partial charge is 0.226 e. The van der Waals surface area contributed by atoms with Crippen LogP contribution in [0.3, 0.4) is 0 Å². The summed E-state index contributed by atoms with van der Waals surface area (Å²) in [5, 5.41) is 5.99. The molecule has 0 aliphatic carbocycles. The maximum absolute atomic E-state index is 11.5. The first-order valence-corrected chi connectivity index (χ1v) is 5.28. The van der Waals surface area contributed by atoms with Crippen molar-refractivity contribution in [3.63, 3.8) is 0 Å². The van der Waals surface area contributed by atoms with E-state index < -0.39 is 0 Å². The third-order valence-corrected chi connectivity index (χ3v) is 2.60. The number of anilines is 2. The lowest BCUT2D eigenvalue weighted by molar-refractivity contribution is -0.116. The summed E-state index contributed by atoms with van der Waals surface area (Å²) in [5.74, 6) is -0.0350. The van der Waals surface area contributed by atoms with E-state index in [0.717, 1.165) is 5.69 Å². The van der Waals surface area contributed by atoms with Gasteiger partial charge in [-0.15, -0.1) is 0 Å². The first-order chi connectivity index (χ1) is 7.58. The average Bonchev–Trinajstić information content (AvgIpc) is 2.33. The van der Waals surface area contributed by atoms with Crippen molar-refractivity contribution in [2.24, 2.45) is 0 Å². The molecule has 84 valence electrons. The van der Waals surface area contributed by atoms with Gasteiger partial charge in [0.1, 0.15) is 0 Å². The van der Waals surface area contributed by atoms with Gasteiger partial charge in [0.25, 0.3) is 0 Å². The molecule has 1 aliphatic rings. The van der Waals surface area contributed by atoms with E-state index in [0.29, 0.717) is 17.7 Å². The zero-order chi connectivity index (χ0) is 11.7. The first-order valence-electron chi connectivity index (χ1n) is 5.28. The van der Waals surface area contributed by atoms with Crippen LogP contribution in [0.2, 0.25) is 0 Å². The van der Waals surface area contributed by atoms with Gasteiger partial charge in [0.05, 0.1) is 11.4 Å². The van der Waals surface area contributed by atoms with Crippen molar-refractivity contribution in [1.82, 2.24) is 0 Å². The monoisotopic (exact) mass is 218 g/mol. The van der Waals surface area contributed by atoms with Crippen LogP contribution in [0.1, 0.15) is 30.6 Å². The van der Waals surface area contributed by atoms with Crippen LogP contribution in [0.5, 0.6) is 0 Å². The highest BCUT2D eigenvalue weighted by molar-refractivity contribution is 6.06. The van der Waals surface area contributed by atoms with Gasteiger partial charge >= 0.3 is 0 Å². The van der Waals surface area contributed by atoms with Gasteiger partial charge in [-0.05, 0) is 26.0 Å². The summed E-state index contributed by atoms with van der Waals surface area (Å²) < 4.78 is 0. The van der Waals surface area contributed by atoms with Crippen LogP contribution in [0.15, 0.2) is 18.2 Å². The third kappa shape index (κ3) is 1.91. The fraction of sp³-hybridized carbons (Fsp3) is 0.333. The van der Waals surface area contributed by atoms with Crippen LogP contribution in [0.25, 0.3) is 0 Å². The topological polar surface area (TPSA) is 58.2 Å². The molecule has 16 heavy (non-hydrogen) atoms. The molecule has 0 saturated carbocycles. The zero-order valence-corrected chi connectivity index (χ0v) is 9.33. The molecule has 2 rings (SSSR count). The Morgan fingerprint density at radius 1 is 1.44 bits per heavy atom. The Kier molecular flexibility index (Phi) is 2.64. The van der Waals surface area contributed by atoms with E-state index in [-0.39, 0.29) is 17.7 Å². The number of para-hydroxylation sites is 1. The Hall–Kier alpha value is -1.84. The molecule has 4 heteroatoms. The molecule has 1 aliphatic heterocycles. The van der Waals surface area contributed by atoms with E-state index in [2.05, 4.69) is 10.6 Å². The number of nitrogens with one attached hydrogen (secondary N) is 2. The molecule has 4 nitrogen and oxygen atoms in total. The highest BCUT2D eigenvalue weighted by Crippen LogP contribution is 2.30. The van der Waals surface area contributed by atoms with Crippen molar-refractivity contribution >= 4 is 23.1 Å². The van der Waals surface area contributed by atoms with E-state index >= 15 is 0 Å². The van der Waals surface area contributed by atoms with Gasteiger partial charge in [0.2, 0.25) is 5.91 Å². The first kappa shape index (κ1) is 10.7. The van der Waals surface area contributed by atoms with Gasteiger partial charge in [0, 0.05) is 18.0 Å². The average molecular weight is 218 g/mol. The Morgan fingerprint density at radius 3 is 2.88 bits per heavy atom. The van der Waals surface area contributed by atoms with Gasteiger partial charge in [-0.2, -0.15) is 0 Å². The molecule has 1 heterocycles. The minimum absolute atomic E-state index is 0.00676.